The van der Waals surface area contributed by atoms with Gasteiger partial charge in [-0.25, -0.2) is 4.98 Å². The smallest absolute Gasteiger partial charge is 0.402 e. The Morgan fingerprint density at radius 3 is 2.48 bits per heavy atom. The molecule has 0 spiro atoms. The van der Waals surface area contributed by atoms with Gasteiger partial charge in [0.25, 0.3) is 0 Å². The number of nitrogens with zero attached hydrogens (tertiary/aromatic N) is 4. The molecule has 3 fully saturated rings. The van der Waals surface area contributed by atoms with E-state index in [-0.39, 0.29) is 17.4 Å². The van der Waals surface area contributed by atoms with Gasteiger partial charge in [0.05, 0.1) is 30.5 Å². The first kappa shape index (κ1) is 20.8. The molecule has 170 valence electrons. The van der Waals surface area contributed by atoms with Gasteiger partial charge in [0.15, 0.2) is 11.6 Å². The van der Waals surface area contributed by atoms with Crippen molar-refractivity contribution in [2.24, 2.45) is 22.9 Å². The number of alkyl halides is 3. The van der Waals surface area contributed by atoms with Gasteiger partial charge in [0.1, 0.15) is 0 Å². The highest BCUT2D eigenvalue weighted by Gasteiger charge is 2.66. The van der Waals surface area contributed by atoms with Crippen molar-refractivity contribution in [3.63, 3.8) is 0 Å². The number of pyridine rings is 1. The van der Waals surface area contributed by atoms with Crippen molar-refractivity contribution in [2.75, 3.05) is 32.0 Å². The van der Waals surface area contributed by atoms with Gasteiger partial charge in [0.2, 0.25) is 0 Å². The summed E-state index contributed by atoms with van der Waals surface area (Å²) in [5.41, 5.74) is 6.67. The molecule has 1 saturated carbocycles. The van der Waals surface area contributed by atoms with Crippen LogP contribution < -0.4 is 10.5 Å². The van der Waals surface area contributed by atoms with Crippen molar-refractivity contribution in [3.05, 3.63) is 17.8 Å². The highest BCUT2D eigenvalue weighted by atomic mass is 19.4. The molecular weight excluding hydrogens is 411 g/mol. The number of likely N-dealkylation sites (tertiary alicyclic amines) is 1. The van der Waals surface area contributed by atoms with Gasteiger partial charge in [-0.2, -0.15) is 5.10 Å². The predicted octanol–water partition coefficient (Wildman–Crippen LogP) is 2.72. The molecule has 2 N–H and O–H groups in total. The summed E-state index contributed by atoms with van der Waals surface area (Å²) < 4.78 is 47.6. The Labute approximate surface area is 179 Å². The first-order chi connectivity index (χ1) is 14.6. The molecule has 3 aliphatic heterocycles. The maximum Gasteiger partial charge on any atom is 0.573 e. The van der Waals surface area contributed by atoms with Crippen LogP contribution in [0.5, 0.6) is 5.75 Å². The lowest BCUT2D eigenvalue weighted by atomic mass is 9.85. The van der Waals surface area contributed by atoms with E-state index in [2.05, 4.69) is 40.4 Å². The Bertz CT molecular complexity index is 891. The van der Waals surface area contributed by atoms with E-state index in [1.807, 2.05) is 0 Å². The molecule has 10 heteroatoms. The van der Waals surface area contributed by atoms with E-state index in [0.717, 1.165) is 32.0 Å². The number of anilines is 1. The van der Waals surface area contributed by atoms with Crippen molar-refractivity contribution in [3.8, 4) is 5.75 Å². The Morgan fingerprint density at radius 1 is 1.26 bits per heavy atom. The largest absolute Gasteiger partial charge is 0.573 e. The second kappa shape index (κ2) is 6.96. The highest BCUT2D eigenvalue weighted by molar-refractivity contribution is 6.02. The van der Waals surface area contributed by atoms with E-state index in [0.29, 0.717) is 35.8 Å². The molecule has 2 saturated heterocycles. The lowest BCUT2D eigenvalue weighted by molar-refractivity contribution is -0.274. The number of nitrogen functional groups attached to an aromatic ring is 1. The van der Waals surface area contributed by atoms with Gasteiger partial charge in [-0.3, -0.25) is 9.91 Å². The third-order valence-electron chi connectivity index (χ3n) is 7.28. The molecule has 0 amide bonds. The van der Waals surface area contributed by atoms with E-state index >= 15 is 0 Å². The summed E-state index contributed by atoms with van der Waals surface area (Å²) in [5.74, 6) is 1.00. The maximum absolute atomic E-state index is 12.7. The zero-order chi connectivity index (χ0) is 22.1. The molecule has 0 radical (unpaired) electrons. The molecular formula is C21H28F3N5O2. The van der Waals surface area contributed by atoms with Crippen LogP contribution in [-0.4, -0.2) is 70.9 Å². The van der Waals surface area contributed by atoms with E-state index in [1.165, 1.54) is 12.3 Å². The van der Waals surface area contributed by atoms with Crippen LogP contribution in [0.25, 0.3) is 0 Å². The predicted molar refractivity (Wildman–Crippen MR) is 109 cm³/mol. The Morgan fingerprint density at radius 2 is 1.94 bits per heavy atom. The molecule has 1 aromatic rings. The Kier molecular flexibility index (Phi) is 4.68. The Balaban J connectivity index is 1.36. The van der Waals surface area contributed by atoms with Crippen LogP contribution in [0.15, 0.2) is 17.4 Å². The standard InChI is InChI=1S/C21H28F3N5O2/c1-11(2)29-20(3,18-14-7-28(8-15(14)18)13-9-30-10-13)5-16(27-29)12-4-17(19(25)26-6-12)31-21(22,23)24/h4,6,11,13-15,18H,5,7-10H2,1-3H3,(H2,25,26)/t14-,15+,18+,20?. The third kappa shape index (κ3) is 3.53. The van der Waals surface area contributed by atoms with Gasteiger partial charge in [0, 0.05) is 37.3 Å². The zero-order valence-electron chi connectivity index (χ0n) is 17.9. The number of hydrazone groups is 1. The second-order valence-corrected chi connectivity index (χ2v) is 9.67. The van der Waals surface area contributed by atoms with Crippen LogP contribution in [0.1, 0.15) is 32.8 Å². The summed E-state index contributed by atoms with van der Waals surface area (Å²) in [5, 5.41) is 6.99. The normalized spacial score (nSPS) is 33.5. The topological polar surface area (TPSA) is 76.2 Å². The minimum atomic E-state index is -4.83. The summed E-state index contributed by atoms with van der Waals surface area (Å²) in [4.78, 5) is 6.46. The van der Waals surface area contributed by atoms with Gasteiger partial charge < -0.3 is 15.2 Å². The molecule has 0 aromatic carbocycles. The number of ether oxygens (including phenoxy) is 2. The van der Waals surface area contributed by atoms with Crippen molar-refractivity contribution < 1.29 is 22.6 Å². The molecule has 4 heterocycles. The molecule has 1 unspecified atom stereocenters. The number of fused-ring (bicyclic) bond motifs is 1. The fourth-order valence-corrected chi connectivity index (χ4v) is 5.87. The number of hydrogen-bond acceptors (Lipinski definition) is 7. The molecule has 5 rings (SSSR count). The van der Waals surface area contributed by atoms with Gasteiger partial charge in [-0.15, -0.1) is 13.2 Å². The second-order valence-electron chi connectivity index (χ2n) is 9.67. The summed E-state index contributed by atoms with van der Waals surface area (Å²) in [7, 11) is 0. The minimum absolute atomic E-state index is 0.173. The molecule has 31 heavy (non-hydrogen) atoms. The first-order valence-corrected chi connectivity index (χ1v) is 10.8. The Hall–Kier alpha value is -2.07. The van der Waals surface area contributed by atoms with Crippen molar-refractivity contribution in [1.82, 2.24) is 14.9 Å². The summed E-state index contributed by atoms with van der Waals surface area (Å²) in [6.45, 7) is 10.3. The van der Waals surface area contributed by atoms with Crippen molar-refractivity contribution in [2.45, 2.75) is 51.2 Å². The highest BCUT2D eigenvalue weighted by Crippen LogP contribution is 2.61. The van der Waals surface area contributed by atoms with Crippen LogP contribution >= 0.6 is 0 Å². The number of hydrogen-bond donors (Lipinski definition) is 1. The third-order valence-corrected chi connectivity index (χ3v) is 7.28. The number of aromatic nitrogens is 1. The fourth-order valence-electron chi connectivity index (χ4n) is 5.87. The monoisotopic (exact) mass is 439 g/mol. The van der Waals surface area contributed by atoms with E-state index in [9.17, 15) is 13.2 Å². The lowest BCUT2D eigenvalue weighted by Gasteiger charge is -2.41. The van der Waals surface area contributed by atoms with Crippen LogP contribution in [-0.2, 0) is 4.74 Å². The fraction of sp³-hybridized carbons (Fsp3) is 0.714. The number of nitrogens with two attached hydrogens (primary N) is 1. The van der Waals surface area contributed by atoms with Crippen molar-refractivity contribution in [1.29, 1.82) is 0 Å². The van der Waals surface area contributed by atoms with E-state index in [1.54, 1.807) is 0 Å². The van der Waals surface area contributed by atoms with Gasteiger partial charge >= 0.3 is 6.36 Å². The quantitative estimate of drug-likeness (QED) is 0.761. The summed E-state index contributed by atoms with van der Waals surface area (Å²) in [6, 6.07) is 2.03. The van der Waals surface area contributed by atoms with Crippen LogP contribution in [0.4, 0.5) is 19.0 Å². The van der Waals surface area contributed by atoms with E-state index in [4.69, 9.17) is 15.6 Å². The zero-order valence-corrected chi connectivity index (χ0v) is 17.9. The molecule has 4 atom stereocenters. The average Bonchev–Trinajstić information content (AvgIpc) is 2.96. The first-order valence-electron chi connectivity index (χ1n) is 10.8. The van der Waals surface area contributed by atoms with Crippen LogP contribution in [0.2, 0.25) is 0 Å². The number of halogens is 3. The van der Waals surface area contributed by atoms with Crippen LogP contribution in [0, 0.1) is 17.8 Å². The number of rotatable bonds is 5. The van der Waals surface area contributed by atoms with Gasteiger partial charge in [-0.05, 0) is 44.6 Å². The van der Waals surface area contributed by atoms with E-state index < -0.39 is 12.1 Å². The maximum atomic E-state index is 12.7. The summed E-state index contributed by atoms with van der Waals surface area (Å²) >= 11 is 0. The molecule has 1 aromatic heterocycles. The molecule has 0 bridgehead atoms. The number of piperidine rings is 1. The summed E-state index contributed by atoms with van der Waals surface area (Å²) in [6.07, 6.45) is -2.69. The minimum Gasteiger partial charge on any atom is -0.402 e. The lowest BCUT2D eigenvalue weighted by Crippen LogP contribution is -2.51. The van der Waals surface area contributed by atoms with Gasteiger partial charge in [-0.1, -0.05) is 0 Å². The van der Waals surface area contributed by atoms with Crippen molar-refractivity contribution >= 4 is 11.5 Å². The van der Waals surface area contributed by atoms with Crippen LogP contribution in [0.3, 0.4) is 0 Å². The SMILES string of the molecule is CC(C)N1N=C(c2cnc(N)c(OC(F)(F)F)c2)CC1(C)[C@H]1[C@@H]2CN(C3COC3)C[C@@H]21. The molecule has 7 nitrogen and oxygen atoms in total. The average molecular weight is 439 g/mol. The molecule has 4 aliphatic rings. The molecule has 1 aliphatic carbocycles.